The third kappa shape index (κ3) is 1.74. The summed E-state index contributed by atoms with van der Waals surface area (Å²) in [5.74, 6) is 2.03. The topological polar surface area (TPSA) is 40.5 Å². The minimum Gasteiger partial charge on any atom is -0.390 e. The van der Waals surface area contributed by atoms with Gasteiger partial charge in [-0.05, 0) is 68.6 Å². The highest BCUT2D eigenvalue weighted by molar-refractivity contribution is 5.33. The fraction of sp³-hybridized carbons (Fsp3) is 0.800. The van der Waals surface area contributed by atoms with Gasteiger partial charge in [0.25, 0.3) is 0 Å². The Morgan fingerprint density at radius 2 is 1.82 bits per heavy atom. The summed E-state index contributed by atoms with van der Waals surface area (Å²) in [7, 11) is 0. The fourth-order valence-electron chi connectivity index (χ4n) is 6.48. The predicted molar refractivity (Wildman–Crippen MR) is 88.2 cm³/mol. The zero-order valence-corrected chi connectivity index (χ0v) is 14.2. The molecule has 4 aliphatic rings. The van der Waals surface area contributed by atoms with Gasteiger partial charge in [0, 0.05) is 5.41 Å². The maximum atomic E-state index is 10.9. The first-order chi connectivity index (χ1) is 10.3. The zero-order valence-electron chi connectivity index (χ0n) is 14.2. The Labute approximate surface area is 134 Å². The van der Waals surface area contributed by atoms with Crippen LogP contribution in [-0.2, 0) is 0 Å². The van der Waals surface area contributed by atoms with E-state index in [0.717, 1.165) is 25.7 Å². The molecule has 0 unspecified atom stereocenters. The van der Waals surface area contributed by atoms with Crippen molar-refractivity contribution in [2.24, 2.45) is 28.6 Å². The highest BCUT2D eigenvalue weighted by Crippen LogP contribution is 2.66. The quantitative estimate of drug-likeness (QED) is 0.668. The maximum absolute atomic E-state index is 10.9. The van der Waals surface area contributed by atoms with E-state index in [0.29, 0.717) is 17.8 Å². The average Bonchev–Trinajstić information content (AvgIpc) is 2.70. The Morgan fingerprint density at radius 3 is 2.59 bits per heavy atom. The molecule has 7 atom stereocenters. The van der Waals surface area contributed by atoms with Crippen molar-refractivity contribution in [3.05, 3.63) is 23.8 Å². The molecule has 22 heavy (non-hydrogen) atoms. The lowest BCUT2D eigenvalue weighted by Crippen LogP contribution is -2.53. The normalized spacial score (nSPS) is 56.9. The van der Waals surface area contributed by atoms with Gasteiger partial charge in [-0.1, -0.05) is 37.6 Å². The van der Waals surface area contributed by atoms with E-state index >= 15 is 0 Å². The summed E-state index contributed by atoms with van der Waals surface area (Å²) >= 11 is 0. The van der Waals surface area contributed by atoms with Gasteiger partial charge in [-0.3, -0.25) is 0 Å². The Balaban J connectivity index is 1.72. The van der Waals surface area contributed by atoms with Gasteiger partial charge < -0.3 is 10.2 Å². The van der Waals surface area contributed by atoms with Gasteiger partial charge in [0.05, 0.1) is 11.7 Å². The lowest BCUT2D eigenvalue weighted by atomic mass is 9.48. The average molecular weight is 302 g/mol. The number of aliphatic hydroxyl groups excluding tert-OH is 1. The monoisotopic (exact) mass is 302 g/mol. The van der Waals surface area contributed by atoms with Crippen molar-refractivity contribution in [3.8, 4) is 0 Å². The van der Waals surface area contributed by atoms with Crippen LogP contribution >= 0.6 is 0 Å². The number of fused-ring (bicyclic) bond motifs is 5. The van der Waals surface area contributed by atoms with E-state index in [2.05, 4.69) is 32.9 Å². The summed E-state index contributed by atoms with van der Waals surface area (Å²) in [4.78, 5) is 0. The van der Waals surface area contributed by atoms with Gasteiger partial charge >= 0.3 is 0 Å². The molecular formula is C20H30O2. The van der Waals surface area contributed by atoms with Crippen molar-refractivity contribution in [2.45, 2.75) is 71.0 Å². The molecule has 0 bridgehead atoms. The lowest BCUT2D eigenvalue weighted by molar-refractivity contribution is -0.107. The van der Waals surface area contributed by atoms with Crippen LogP contribution in [0.15, 0.2) is 23.8 Å². The summed E-state index contributed by atoms with van der Waals surface area (Å²) in [6.07, 6.45) is 12.9. The minimum atomic E-state index is -0.494. The number of hydrogen-bond acceptors (Lipinski definition) is 2. The smallest absolute Gasteiger partial charge is 0.0758 e. The van der Waals surface area contributed by atoms with Gasteiger partial charge in [-0.2, -0.15) is 0 Å². The molecule has 0 aromatic carbocycles. The van der Waals surface area contributed by atoms with Crippen LogP contribution in [0.1, 0.15) is 59.3 Å². The molecule has 0 radical (unpaired) electrons. The number of rotatable bonds is 0. The van der Waals surface area contributed by atoms with Crippen LogP contribution in [0.25, 0.3) is 0 Å². The third-order valence-electron chi connectivity index (χ3n) is 8.19. The van der Waals surface area contributed by atoms with Gasteiger partial charge in [-0.15, -0.1) is 0 Å². The molecule has 4 aliphatic carbocycles. The van der Waals surface area contributed by atoms with Gasteiger partial charge in [-0.25, -0.2) is 0 Å². The molecule has 0 heterocycles. The second kappa shape index (κ2) is 4.48. The van der Waals surface area contributed by atoms with E-state index in [1.165, 1.54) is 18.4 Å². The summed E-state index contributed by atoms with van der Waals surface area (Å²) < 4.78 is 0. The Kier molecular flexibility index (Phi) is 3.05. The molecule has 0 amide bonds. The van der Waals surface area contributed by atoms with Crippen molar-refractivity contribution in [2.75, 3.05) is 0 Å². The van der Waals surface area contributed by atoms with Crippen molar-refractivity contribution < 1.29 is 10.2 Å². The molecule has 2 heteroatoms. The third-order valence-corrected chi connectivity index (χ3v) is 8.19. The van der Waals surface area contributed by atoms with E-state index in [4.69, 9.17) is 0 Å². The standard InChI is InChI=1S/C20H30O2/c1-18-9-6-14(21)12-13(18)4-5-15-16(18)7-10-19(2)17(15)8-11-20(19,3)22/h4,6,9,14-17,21-22H,5,7-8,10-12H2,1-3H3/t14-,15+,16-,17-,18+,19-,20+/m1/s1. The summed E-state index contributed by atoms with van der Waals surface area (Å²) in [5, 5.41) is 20.9. The number of hydrogen-bond donors (Lipinski definition) is 2. The summed E-state index contributed by atoms with van der Waals surface area (Å²) in [6.45, 7) is 6.78. The number of allylic oxidation sites excluding steroid dienone is 2. The van der Waals surface area contributed by atoms with E-state index in [1.807, 2.05) is 6.08 Å². The molecule has 0 aliphatic heterocycles. The SMILES string of the molecule is C[C@]12C=C[C@@H](O)CC1=CC[C@H]1[C@H]2CC[C@]2(C)[C@@H]1CC[C@]2(C)O. The van der Waals surface area contributed by atoms with Crippen LogP contribution in [0.3, 0.4) is 0 Å². The first kappa shape index (κ1) is 15.0. The largest absolute Gasteiger partial charge is 0.390 e. The molecule has 2 saturated carbocycles. The summed E-state index contributed by atoms with van der Waals surface area (Å²) in [5.41, 5.74) is 1.19. The van der Waals surface area contributed by atoms with Crippen molar-refractivity contribution >= 4 is 0 Å². The van der Waals surface area contributed by atoms with Crippen molar-refractivity contribution in [3.63, 3.8) is 0 Å². The van der Waals surface area contributed by atoms with Crippen LogP contribution in [-0.4, -0.2) is 21.9 Å². The molecule has 2 N–H and O–H groups in total. The molecule has 0 saturated heterocycles. The molecule has 0 spiro atoms. The highest BCUT2D eigenvalue weighted by Gasteiger charge is 2.61. The van der Waals surface area contributed by atoms with Crippen molar-refractivity contribution in [1.29, 1.82) is 0 Å². The van der Waals surface area contributed by atoms with E-state index in [-0.39, 0.29) is 16.9 Å². The number of aliphatic hydroxyl groups is 2. The molecule has 0 aromatic rings. The highest BCUT2D eigenvalue weighted by atomic mass is 16.3. The van der Waals surface area contributed by atoms with Gasteiger partial charge in [0.2, 0.25) is 0 Å². The predicted octanol–water partition coefficient (Wildman–Crippen LogP) is 3.84. The van der Waals surface area contributed by atoms with Gasteiger partial charge in [0.15, 0.2) is 0 Å². The maximum Gasteiger partial charge on any atom is 0.0758 e. The van der Waals surface area contributed by atoms with Crippen LogP contribution in [0.2, 0.25) is 0 Å². The minimum absolute atomic E-state index is 0.0910. The van der Waals surface area contributed by atoms with Crippen LogP contribution in [0.4, 0.5) is 0 Å². The molecule has 122 valence electrons. The van der Waals surface area contributed by atoms with E-state index in [1.54, 1.807) is 0 Å². The summed E-state index contributed by atoms with van der Waals surface area (Å²) in [6, 6.07) is 0. The molecular weight excluding hydrogens is 272 g/mol. The second-order valence-corrected chi connectivity index (χ2v) is 9.02. The Hall–Kier alpha value is -0.600. The first-order valence-corrected chi connectivity index (χ1v) is 9.07. The second-order valence-electron chi connectivity index (χ2n) is 9.02. The van der Waals surface area contributed by atoms with Crippen LogP contribution in [0.5, 0.6) is 0 Å². The Bertz CT molecular complexity index is 546. The molecule has 0 aromatic heterocycles. The van der Waals surface area contributed by atoms with E-state index < -0.39 is 5.60 Å². The van der Waals surface area contributed by atoms with Crippen LogP contribution in [0, 0.1) is 28.6 Å². The first-order valence-electron chi connectivity index (χ1n) is 9.07. The van der Waals surface area contributed by atoms with E-state index in [9.17, 15) is 10.2 Å². The zero-order chi connectivity index (χ0) is 15.8. The lowest BCUT2D eigenvalue weighted by Gasteiger charge is -2.57. The Morgan fingerprint density at radius 1 is 1.09 bits per heavy atom. The molecule has 4 rings (SSSR count). The fourth-order valence-corrected chi connectivity index (χ4v) is 6.48. The molecule has 2 nitrogen and oxygen atoms in total. The van der Waals surface area contributed by atoms with Crippen LogP contribution < -0.4 is 0 Å². The van der Waals surface area contributed by atoms with Crippen molar-refractivity contribution in [1.82, 2.24) is 0 Å². The molecule has 2 fully saturated rings. The van der Waals surface area contributed by atoms with Gasteiger partial charge in [0.1, 0.15) is 0 Å².